The fraction of sp³-hybridized carbons (Fsp3) is 0.533. The Kier molecular flexibility index (Phi) is 6.37. The van der Waals surface area contributed by atoms with Gasteiger partial charge in [0.25, 0.3) is 0 Å². The van der Waals surface area contributed by atoms with E-state index in [2.05, 4.69) is 10.0 Å². The summed E-state index contributed by atoms with van der Waals surface area (Å²) in [7, 11) is -3.78. The summed E-state index contributed by atoms with van der Waals surface area (Å²) >= 11 is 0. The van der Waals surface area contributed by atoms with E-state index in [1.54, 1.807) is 6.92 Å². The third-order valence-electron chi connectivity index (χ3n) is 3.19. The zero-order valence-corrected chi connectivity index (χ0v) is 14.2. The topological polar surface area (TPSA) is 95.5 Å². The average molecular weight is 328 g/mol. The van der Waals surface area contributed by atoms with Gasteiger partial charge in [0, 0.05) is 12.6 Å². The molecule has 0 aromatic heterocycles. The number of hydrogen-bond donors (Lipinski definition) is 3. The first-order valence-electron chi connectivity index (χ1n) is 7.31. The second kappa shape index (κ2) is 7.60. The number of carbonyl (C=O) groups is 1. The van der Waals surface area contributed by atoms with Gasteiger partial charge in [0.05, 0.1) is 11.3 Å². The van der Waals surface area contributed by atoms with Crippen LogP contribution >= 0.6 is 0 Å². The first-order valence-corrected chi connectivity index (χ1v) is 8.79. The largest absolute Gasteiger partial charge is 0.478 e. The molecule has 0 aliphatic rings. The molecule has 1 atom stereocenters. The molecule has 0 heterocycles. The van der Waals surface area contributed by atoms with Gasteiger partial charge in [0.2, 0.25) is 10.0 Å². The van der Waals surface area contributed by atoms with Crippen molar-refractivity contribution in [3.8, 4) is 0 Å². The van der Waals surface area contributed by atoms with E-state index < -0.39 is 16.0 Å². The molecule has 1 rings (SSSR count). The highest BCUT2D eigenvalue weighted by molar-refractivity contribution is 7.89. The van der Waals surface area contributed by atoms with Crippen LogP contribution in [0.3, 0.4) is 0 Å². The Bertz CT molecular complexity index is 626. The van der Waals surface area contributed by atoms with Gasteiger partial charge in [-0.1, -0.05) is 20.8 Å². The molecule has 0 fully saturated rings. The Morgan fingerprint density at radius 1 is 1.27 bits per heavy atom. The zero-order chi connectivity index (χ0) is 16.9. The number of rotatable bonds is 8. The summed E-state index contributed by atoms with van der Waals surface area (Å²) in [5.74, 6) is -0.826. The van der Waals surface area contributed by atoms with E-state index in [1.807, 2.05) is 20.8 Å². The molecule has 0 bridgehead atoms. The number of sulfonamides is 1. The number of anilines is 1. The maximum atomic E-state index is 12.5. The van der Waals surface area contributed by atoms with Crippen LogP contribution in [0.5, 0.6) is 0 Å². The van der Waals surface area contributed by atoms with E-state index in [0.29, 0.717) is 24.6 Å². The van der Waals surface area contributed by atoms with Crippen molar-refractivity contribution < 1.29 is 18.3 Å². The van der Waals surface area contributed by atoms with Gasteiger partial charge in [-0.3, -0.25) is 0 Å². The summed E-state index contributed by atoms with van der Waals surface area (Å²) in [4.78, 5) is 11.1. The number of carboxylic acids is 1. The minimum Gasteiger partial charge on any atom is -0.478 e. The van der Waals surface area contributed by atoms with Gasteiger partial charge in [-0.15, -0.1) is 0 Å². The van der Waals surface area contributed by atoms with E-state index in [4.69, 9.17) is 5.11 Å². The van der Waals surface area contributed by atoms with E-state index in [-0.39, 0.29) is 16.5 Å². The van der Waals surface area contributed by atoms with Crippen LogP contribution in [0.1, 0.15) is 44.5 Å². The molecule has 7 heteroatoms. The van der Waals surface area contributed by atoms with E-state index in [1.165, 1.54) is 18.2 Å². The number of aromatic carboxylic acids is 1. The lowest BCUT2D eigenvalue weighted by Crippen LogP contribution is -2.32. The van der Waals surface area contributed by atoms with Gasteiger partial charge < -0.3 is 10.4 Å². The molecule has 0 saturated heterocycles. The molecule has 3 N–H and O–H groups in total. The van der Waals surface area contributed by atoms with Gasteiger partial charge in [-0.05, 0) is 37.5 Å². The zero-order valence-electron chi connectivity index (χ0n) is 13.4. The fourth-order valence-electron chi connectivity index (χ4n) is 1.75. The fourth-order valence-corrected chi connectivity index (χ4v) is 3.28. The molecule has 0 aliphatic heterocycles. The summed E-state index contributed by atoms with van der Waals surface area (Å²) in [6.45, 7) is 8.24. The molecule has 0 amide bonds. The smallest absolute Gasteiger partial charge is 0.335 e. The van der Waals surface area contributed by atoms with Crippen LogP contribution in [-0.4, -0.2) is 32.1 Å². The van der Waals surface area contributed by atoms with E-state index in [0.717, 1.165) is 0 Å². The minimum atomic E-state index is -3.78. The SMILES string of the molecule is CC[C@H](C)NS(=O)(=O)c1cc(C(=O)O)ccc1NCC(C)C. The second-order valence-corrected chi connectivity index (χ2v) is 7.40. The molecule has 0 spiro atoms. The van der Waals surface area contributed by atoms with Gasteiger partial charge in [0.1, 0.15) is 4.90 Å². The lowest BCUT2D eigenvalue weighted by Gasteiger charge is -2.17. The highest BCUT2D eigenvalue weighted by Gasteiger charge is 2.22. The highest BCUT2D eigenvalue weighted by atomic mass is 32.2. The predicted molar refractivity (Wildman–Crippen MR) is 86.8 cm³/mol. The average Bonchev–Trinajstić information content (AvgIpc) is 2.44. The molecule has 1 aromatic carbocycles. The standard InChI is InChI=1S/C15H24N2O4S/c1-5-11(4)17-22(20,21)14-8-12(15(18)19)6-7-13(14)16-9-10(2)3/h6-8,10-11,16-17H,5,9H2,1-4H3,(H,18,19)/t11-/m0/s1. The molecule has 0 radical (unpaired) electrons. The Morgan fingerprint density at radius 2 is 1.91 bits per heavy atom. The van der Waals surface area contributed by atoms with Crippen molar-refractivity contribution >= 4 is 21.7 Å². The van der Waals surface area contributed by atoms with Crippen molar-refractivity contribution in [1.82, 2.24) is 4.72 Å². The number of hydrogen-bond acceptors (Lipinski definition) is 4. The van der Waals surface area contributed by atoms with Crippen molar-refractivity contribution in [2.75, 3.05) is 11.9 Å². The molecule has 0 aliphatic carbocycles. The van der Waals surface area contributed by atoms with Crippen molar-refractivity contribution in [3.63, 3.8) is 0 Å². The third kappa shape index (κ3) is 4.99. The van der Waals surface area contributed by atoms with Crippen LogP contribution in [0.2, 0.25) is 0 Å². The molecule has 22 heavy (non-hydrogen) atoms. The van der Waals surface area contributed by atoms with E-state index >= 15 is 0 Å². The first-order chi connectivity index (χ1) is 10.2. The van der Waals surface area contributed by atoms with Crippen LogP contribution in [-0.2, 0) is 10.0 Å². The first kappa shape index (κ1) is 18.4. The van der Waals surface area contributed by atoms with Crippen LogP contribution in [0.15, 0.2) is 23.1 Å². The number of carboxylic acid groups (broad SMARTS) is 1. The Balaban J connectivity index is 3.26. The monoisotopic (exact) mass is 328 g/mol. The van der Waals surface area contributed by atoms with Gasteiger partial charge in [-0.2, -0.15) is 0 Å². The van der Waals surface area contributed by atoms with Gasteiger partial charge >= 0.3 is 5.97 Å². The Labute approximate surface area is 132 Å². The van der Waals surface area contributed by atoms with Gasteiger partial charge in [-0.25, -0.2) is 17.9 Å². The van der Waals surface area contributed by atoms with Crippen LogP contribution < -0.4 is 10.0 Å². The maximum absolute atomic E-state index is 12.5. The predicted octanol–water partition coefficient (Wildman–Crippen LogP) is 2.53. The molecule has 0 unspecified atom stereocenters. The van der Waals surface area contributed by atoms with Crippen molar-refractivity contribution in [3.05, 3.63) is 23.8 Å². The van der Waals surface area contributed by atoms with Crippen molar-refractivity contribution in [1.29, 1.82) is 0 Å². The van der Waals surface area contributed by atoms with Crippen LogP contribution in [0.4, 0.5) is 5.69 Å². The molecular formula is C15H24N2O4S. The number of nitrogens with one attached hydrogen (secondary N) is 2. The molecule has 6 nitrogen and oxygen atoms in total. The van der Waals surface area contributed by atoms with Crippen molar-refractivity contribution in [2.24, 2.45) is 5.92 Å². The highest BCUT2D eigenvalue weighted by Crippen LogP contribution is 2.24. The van der Waals surface area contributed by atoms with E-state index in [9.17, 15) is 13.2 Å². The van der Waals surface area contributed by atoms with Crippen molar-refractivity contribution in [2.45, 2.75) is 45.1 Å². The lowest BCUT2D eigenvalue weighted by molar-refractivity contribution is 0.0696. The normalized spacial score (nSPS) is 13.1. The Morgan fingerprint density at radius 3 is 2.41 bits per heavy atom. The summed E-state index contributed by atoms with van der Waals surface area (Å²) in [6.07, 6.45) is 0.645. The third-order valence-corrected chi connectivity index (χ3v) is 4.82. The van der Waals surface area contributed by atoms with Crippen LogP contribution in [0, 0.1) is 5.92 Å². The minimum absolute atomic E-state index is 0.0339. The summed E-state index contributed by atoms with van der Waals surface area (Å²) in [5.41, 5.74) is 0.356. The molecule has 0 saturated carbocycles. The summed E-state index contributed by atoms with van der Waals surface area (Å²) < 4.78 is 27.6. The quantitative estimate of drug-likeness (QED) is 0.681. The summed E-state index contributed by atoms with van der Waals surface area (Å²) in [5, 5.41) is 12.1. The van der Waals surface area contributed by atoms with Crippen LogP contribution in [0.25, 0.3) is 0 Å². The maximum Gasteiger partial charge on any atom is 0.335 e. The lowest BCUT2D eigenvalue weighted by atomic mass is 10.2. The Hall–Kier alpha value is -1.60. The molecular weight excluding hydrogens is 304 g/mol. The second-order valence-electron chi connectivity index (χ2n) is 5.72. The molecule has 124 valence electrons. The number of benzene rings is 1. The van der Waals surface area contributed by atoms with Gasteiger partial charge in [0.15, 0.2) is 0 Å². The summed E-state index contributed by atoms with van der Waals surface area (Å²) in [6, 6.07) is 3.86. The molecule has 1 aromatic rings.